The van der Waals surface area contributed by atoms with Crippen molar-refractivity contribution < 1.29 is 9.53 Å². The smallest absolute Gasteiger partial charge is 0.274 e. The Balaban J connectivity index is 1.73. The fraction of sp³-hybridized carbons (Fsp3) is 0.545. The third kappa shape index (κ3) is 2.02. The average Bonchev–Trinajstić information content (AvgIpc) is 2.77. The first-order valence-corrected chi connectivity index (χ1v) is 5.99. The standard InChI is InChI=1S/C11H15N5O2/c12-15-10-4-13-9(3-14-10)11(17)16-5-7-1-2-8(6-16)18-7/h3-4,7-8H,1-2,5-6,12H2,(H,14,15). The molecule has 7 heteroatoms. The molecule has 2 bridgehead atoms. The highest BCUT2D eigenvalue weighted by Crippen LogP contribution is 2.26. The van der Waals surface area contributed by atoms with Crippen LogP contribution in [0.15, 0.2) is 12.4 Å². The molecule has 2 unspecified atom stereocenters. The highest BCUT2D eigenvalue weighted by molar-refractivity contribution is 5.92. The molecular formula is C11H15N5O2. The first kappa shape index (κ1) is 11.4. The number of hydrogen-bond donors (Lipinski definition) is 2. The maximum atomic E-state index is 12.2. The molecule has 1 aromatic heterocycles. The van der Waals surface area contributed by atoms with Gasteiger partial charge in [0, 0.05) is 13.1 Å². The van der Waals surface area contributed by atoms with E-state index in [1.54, 1.807) is 4.90 Å². The van der Waals surface area contributed by atoms with Crippen molar-refractivity contribution in [3.8, 4) is 0 Å². The van der Waals surface area contributed by atoms with Crippen molar-refractivity contribution in [3.63, 3.8) is 0 Å². The lowest BCUT2D eigenvalue weighted by Crippen LogP contribution is -2.46. The maximum Gasteiger partial charge on any atom is 0.274 e. The van der Waals surface area contributed by atoms with Crippen LogP contribution in [0.3, 0.4) is 0 Å². The van der Waals surface area contributed by atoms with Gasteiger partial charge in [0.25, 0.3) is 5.91 Å². The van der Waals surface area contributed by atoms with Gasteiger partial charge in [-0.25, -0.2) is 15.8 Å². The molecule has 2 atom stereocenters. The second kappa shape index (κ2) is 4.51. The molecule has 1 amide bonds. The molecule has 3 heterocycles. The number of hydrazine groups is 1. The number of nitrogen functional groups attached to an aromatic ring is 1. The molecular weight excluding hydrogens is 234 g/mol. The van der Waals surface area contributed by atoms with Crippen LogP contribution in [0.1, 0.15) is 23.3 Å². The number of carbonyl (C=O) groups is 1. The molecule has 0 aromatic carbocycles. The third-order valence-corrected chi connectivity index (χ3v) is 3.35. The minimum Gasteiger partial charge on any atom is -0.371 e. The van der Waals surface area contributed by atoms with Crippen molar-refractivity contribution in [1.82, 2.24) is 14.9 Å². The Hall–Kier alpha value is -1.73. The van der Waals surface area contributed by atoms with E-state index in [0.717, 1.165) is 12.8 Å². The third-order valence-electron chi connectivity index (χ3n) is 3.35. The Labute approximate surface area is 104 Å². The van der Waals surface area contributed by atoms with Crippen molar-refractivity contribution in [2.45, 2.75) is 25.0 Å². The molecule has 0 aliphatic carbocycles. The van der Waals surface area contributed by atoms with E-state index in [4.69, 9.17) is 10.6 Å². The van der Waals surface area contributed by atoms with Crippen molar-refractivity contribution >= 4 is 11.7 Å². The van der Waals surface area contributed by atoms with Gasteiger partial charge in [-0.15, -0.1) is 0 Å². The molecule has 3 rings (SSSR count). The number of morpholine rings is 1. The van der Waals surface area contributed by atoms with Crippen LogP contribution in [0.25, 0.3) is 0 Å². The summed E-state index contributed by atoms with van der Waals surface area (Å²) in [5.74, 6) is 5.55. The number of carbonyl (C=O) groups excluding carboxylic acids is 1. The SMILES string of the molecule is NNc1cnc(C(=O)N2CC3CCC(C2)O3)cn1. The highest BCUT2D eigenvalue weighted by atomic mass is 16.5. The first-order valence-electron chi connectivity index (χ1n) is 5.99. The van der Waals surface area contributed by atoms with Gasteiger partial charge in [0.1, 0.15) is 5.69 Å². The van der Waals surface area contributed by atoms with E-state index < -0.39 is 0 Å². The second-order valence-corrected chi connectivity index (χ2v) is 4.60. The fourth-order valence-electron chi connectivity index (χ4n) is 2.46. The zero-order valence-corrected chi connectivity index (χ0v) is 9.87. The summed E-state index contributed by atoms with van der Waals surface area (Å²) in [6.45, 7) is 1.29. The molecule has 3 N–H and O–H groups in total. The Morgan fingerprint density at radius 3 is 2.61 bits per heavy atom. The van der Waals surface area contributed by atoms with E-state index in [1.165, 1.54) is 12.4 Å². The Bertz CT molecular complexity index is 437. The molecule has 7 nitrogen and oxygen atoms in total. The number of amides is 1. The van der Waals surface area contributed by atoms with Gasteiger partial charge in [-0.05, 0) is 12.8 Å². The van der Waals surface area contributed by atoms with Crippen LogP contribution in [-0.4, -0.2) is 46.1 Å². The highest BCUT2D eigenvalue weighted by Gasteiger charge is 2.36. The summed E-state index contributed by atoms with van der Waals surface area (Å²) >= 11 is 0. The summed E-state index contributed by atoms with van der Waals surface area (Å²) in [5.41, 5.74) is 2.72. The van der Waals surface area contributed by atoms with Gasteiger partial charge in [-0.3, -0.25) is 4.79 Å². The topological polar surface area (TPSA) is 93.4 Å². The lowest BCUT2D eigenvalue weighted by molar-refractivity contribution is -0.0305. The number of nitrogens with zero attached hydrogens (tertiary/aromatic N) is 3. The largest absolute Gasteiger partial charge is 0.371 e. The Morgan fingerprint density at radius 2 is 2.06 bits per heavy atom. The van der Waals surface area contributed by atoms with E-state index in [9.17, 15) is 4.79 Å². The molecule has 2 fully saturated rings. The van der Waals surface area contributed by atoms with Gasteiger partial charge >= 0.3 is 0 Å². The first-order chi connectivity index (χ1) is 8.76. The number of rotatable bonds is 2. The van der Waals surface area contributed by atoms with E-state index in [1.807, 2.05) is 0 Å². The van der Waals surface area contributed by atoms with E-state index in [2.05, 4.69) is 15.4 Å². The van der Waals surface area contributed by atoms with Crippen molar-refractivity contribution in [1.29, 1.82) is 0 Å². The number of likely N-dealkylation sites (tertiary alicyclic amines) is 1. The molecule has 18 heavy (non-hydrogen) atoms. The lowest BCUT2D eigenvalue weighted by atomic mass is 10.2. The number of ether oxygens (including phenoxy) is 1. The number of nitrogens with one attached hydrogen (secondary N) is 1. The van der Waals surface area contributed by atoms with Crippen LogP contribution in [-0.2, 0) is 4.74 Å². The second-order valence-electron chi connectivity index (χ2n) is 4.60. The van der Waals surface area contributed by atoms with Gasteiger partial charge in [-0.1, -0.05) is 0 Å². The summed E-state index contributed by atoms with van der Waals surface area (Å²) in [6, 6.07) is 0. The molecule has 0 spiro atoms. The van der Waals surface area contributed by atoms with Crippen LogP contribution in [0.2, 0.25) is 0 Å². The van der Waals surface area contributed by atoms with Crippen molar-refractivity contribution in [2.75, 3.05) is 18.5 Å². The summed E-state index contributed by atoms with van der Waals surface area (Å²) in [7, 11) is 0. The van der Waals surface area contributed by atoms with Crippen LogP contribution >= 0.6 is 0 Å². The van der Waals surface area contributed by atoms with Crippen molar-refractivity contribution in [2.24, 2.45) is 5.84 Å². The van der Waals surface area contributed by atoms with Gasteiger partial charge in [-0.2, -0.15) is 0 Å². The summed E-state index contributed by atoms with van der Waals surface area (Å²) in [5, 5.41) is 0. The minimum absolute atomic E-state index is 0.0914. The number of anilines is 1. The van der Waals surface area contributed by atoms with E-state index >= 15 is 0 Å². The van der Waals surface area contributed by atoms with Crippen molar-refractivity contribution in [3.05, 3.63) is 18.1 Å². The van der Waals surface area contributed by atoms with Crippen LogP contribution in [0.5, 0.6) is 0 Å². The fourth-order valence-corrected chi connectivity index (χ4v) is 2.46. The zero-order valence-electron chi connectivity index (χ0n) is 9.87. The summed E-state index contributed by atoms with van der Waals surface area (Å²) < 4.78 is 5.69. The summed E-state index contributed by atoms with van der Waals surface area (Å²) in [4.78, 5) is 22.1. The molecule has 2 saturated heterocycles. The van der Waals surface area contributed by atoms with Gasteiger partial charge in [0.2, 0.25) is 0 Å². The molecule has 2 aliphatic rings. The zero-order chi connectivity index (χ0) is 12.5. The number of fused-ring (bicyclic) bond motifs is 2. The number of aromatic nitrogens is 2. The van der Waals surface area contributed by atoms with Crippen LogP contribution < -0.4 is 11.3 Å². The average molecular weight is 249 g/mol. The lowest BCUT2D eigenvalue weighted by Gasteiger charge is -2.31. The quantitative estimate of drug-likeness (QED) is 0.555. The maximum absolute atomic E-state index is 12.2. The number of hydrogen-bond acceptors (Lipinski definition) is 6. The summed E-state index contributed by atoms with van der Waals surface area (Å²) in [6.07, 6.45) is 5.33. The molecule has 1 aromatic rings. The van der Waals surface area contributed by atoms with Gasteiger partial charge in [0.05, 0.1) is 24.6 Å². The molecule has 0 saturated carbocycles. The normalized spacial score (nSPS) is 26.2. The monoisotopic (exact) mass is 249 g/mol. The Kier molecular flexibility index (Phi) is 2.85. The van der Waals surface area contributed by atoms with E-state index in [0.29, 0.717) is 24.6 Å². The van der Waals surface area contributed by atoms with Crippen LogP contribution in [0.4, 0.5) is 5.82 Å². The Morgan fingerprint density at radius 1 is 1.33 bits per heavy atom. The predicted octanol–water partition coefficient (Wildman–Crippen LogP) is -0.234. The van der Waals surface area contributed by atoms with E-state index in [-0.39, 0.29) is 18.1 Å². The molecule has 96 valence electrons. The minimum atomic E-state index is -0.0914. The van der Waals surface area contributed by atoms with Gasteiger partial charge < -0.3 is 15.1 Å². The van der Waals surface area contributed by atoms with Crippen LogP contribution in [0, 0.1) is 0 Å². The number of nitrogens with two attached hydrogens (primary N) is 1. The molecule has 0 radical (unpaired) electrons. The molecule has 2 aliphatic heterocycles. The van der Waals surface area contributed by atoms with Gasteiger partial charge in [0.15, 0.2) is 5.82 Å². The predicted molar refractivity (Wildman–Crippen MR) is 63.6 cm³/mol.